The summed E-state index contributed by atoms with van der Waals surface area (Å²) in [5, 5.41) is 11.7. The van der Waals surface area contributed by atoms with Crippen LogP contribution in [-0.2, 0) is 11.2 Å². The first-order valence-corrected chi connectivity index (χ1v) is 6.85. The average Bonchev–Trinajstić information content (AvgIpc) is 2.88. The molecule has 1 heterocycles. The second kappa shape index (κ2) is 3.95. The number of carboxylic acid groups (broad SMARTS) is 1. The van der Waals surface area contributed by atoms with Crippen molar-refractivity contribution < 1.29 is 9.90 Å². The Balaban J connectivity index is 2.16. The zero-order valence-corrected chi connectivity index (χ0v) is 10.9. The molecule has 3 heteroatoms. The Morgan fingerprint density at radius 1 is 1.33 bits per heavy atom. The minimum Gasteiger partial charge on any atom is -0.481 e. The summed E-state index contributed by atoms with van der Waals surface area (Å²) in [5.74, 6) is -0.739. The van der Waals surface area contributed by atoms with Crippen LogP contribution in [0, 0.1) is 5.41 Å². The Morgan fingerprint density at radius 3 is 2.72 bits per heavy atom. The van der Waals surface area contributed by atoms with Crippen LogP contribution in [0.5, 0.6) is 0 Å². The Morgan fingerprint density at radius 2 is 2.06 bits per heavy atom. The van der Waals surface area contributed by atoms with Crippen LogP contribution in [0.2, 0.25) is 0 Å². The molecule has 0 radical (unpaired) electrons. The fraction of sp³-hybridized carbons (Fsp3) is 0.267. The van der Waals surface area contributed by atoms with Gasteiger partial charge in [0, 0.05) is 10.8 Å². The van der Waals surface area contributed by atoms with Gasteiger partial charge >= 0.3 is 5.97 Å². The lowest BCUT2D eigenvalue weighted by atomic mass is 9.74. The van der Waals surface area contributed by atoms with Crippen LogP contribution in [0.25, 0.3) is 0 Å². The van der Waals surface area contributed by atoms with Crippen molar-refractivity contribution >= 4 is 17.3 Å². The predicted molar refractivity (Wildman–Crippen MR) is 72.1 cm³/mol. The van der Waals surface area contributed by atoms with E-state index in [9.17, 15) is 9.90 Å². The Kier molecular flexibility index (Phi) is 2.52. The molecule has 0 saturated carbocycles. The molecule has 3 rings (SSSR count). The Labute approximate surface area is 110 Å². The monoisotopic (exact) mass is 258 g/mol. The molecule has 1 aliphatic rings. The summed E-state index contributed by atoms with van der Waals surface area (Å²) >= 11 is 1.67. The Hall–Kier alpha value is -1.61. The van der Waals surface area contributed by atoms with Gasteiger partial charge in [-0.15, -0.1) is 11.3 Å². The largest absolute Gasteiger partial charge is 0.481 e. The number of benzene rings is 1. The second-order valence-electron chi connectivity index (χ2n) is 5.04. The molecule has 92 valence electrons. The highest BCUT2D eigenvalue weighted by Crippen LogP contribution is 2.52. The molecule has 0 fully saturated rings. The standard InChI is InChI=1S/C15H14O2S/c1-15(14(16)17)9-12-11(7-8-18-12)13(15)10-5-3-2-4-6-10/h2-8,13H,9H2,1H3,(H,16,17). The highest BCUT2D eigenvalue weighted by Gasteiger charge is 2.49. The maximum atomic E-state index is 11.7. The molecule has 2 unspecified atom stereocenters. The molecular weight excluding hydrogens is 244 g/mol. The first-order valence-electron chi connectivity index (χ1n) is 5.97. The molecule has 2 nitrogen and oxygen atoms in total. The predicted octanol–water partition coefficient (Wildman–Crippen LogP) is 3.53. The van der Waals surface area contributed by atoms with Gasteiger partial charge in [-0.2, -0.15) is 0 Å². The number of hydrogen-bond donors (Lipinski definition) is 1. The first-order chi connectivity index (χ1) is 8.63. The number of hydrogen-bond acceptors (Lipinski definition) is 2. The third kappa shape index (κ3) is 1.51. The molecule has 1 aromatic heterocycles. The van der Waals surface area contributed by atoms with E-state index in [1.807, 2.05) is 37.3 Å². The van der Waals surface area contributed by atoms with Crippen molar-refractivity contribution in [2.24, 2.45) is 5.41 Å². The second-order valence-corrected chi connectivity index (χ2v) is 6.04. The Bertz CT molecular complexity index is 588. The quantitative estimate of drug-likeness (QED) is 0.894. The highest BCUT2D eigenvalue weighted by molar-refractivity contribution is 7.10. The molecule has 1 N–H and O–H groups in total. The molecule has 0 aliphatic heterocycles. The molecule has 2 atom stereocenters. The van der Waals surface area contributed by atoms with Gasteiger partial charge < -0.3 is 5.11 Å². The van der Waals surface area contributed by atoms with E-state index >= 15 is 0 Å². The molecule has 0 saturated heterocycles. The van der Waals surface area contributed by atoms with E-state index < -0.39 is 11.4 Å². The van der Waals surface area contributed by atoms with Gasteiger partial charge in [-0.05, 0) is 35.9 Å². The van der Waals surface area contributed by atoms with Crippen molar-refractivity contribution in [2.75, 3.05) is 0 Å². The van der Waals surface area contributed by atoms with Crippen LogP contribution in [0.1, 0.15) is 28.8 Å². The van der Waals surface area contributed by atoms with Gasteiger partial charge in [-0.1, -0.05) is 30.3 Å². The summed E-state index contributed by atoms with van der Waals surface area (Å²) in [7, 11) is 0. The molecular formula is C15H14O2S. The molecule has 18 heavy (non-hydrogen) atoms. The fourth-order valence-corrected chi connectivity index (χ4v) is 4.01. The first kappa shape index (κ1) is 11.5. The van der Waals surface area contributed by atoms with Crippen molar-refractivity contribution in [3.8, 4) is 0 Å². The molecule has 2 aromatic rings. The van der Waals surface area contributed by atoms with Crippen LogP contribution < -0.4 is 0 Å². The zero-order chi connectivity index (χ0) is 12.8. The summed E-state index contributed by atoms with van der Waals surface area (Å²) in [6, 6.07) is 12.0. The number of aliphatic carboxylic acids is 1. The number of fused-ring (bicyclic) bond motifs is 1. The minimum atomic E-state index is -0.718. The van der Waals surface area contributed by atoms with Gasteiger partial charge in [0.15, 0.2) is 0 Å². The highest BCUT2D eigenvalue weighted by atomic mass is 32.1. The smallest absolute Gasteiger partial charge is 0.310 e. The fourth-order valence-electron chi connectivity index (χ4n) is 2.92. The summed E-state index contributed by atoms with van der Waals surface area (Å²) in [4.78, 5) is 12.9. The maximum Gasteiger partial charge on any atom is 0.310 e. The topological polar surface area (TPSA) is 37.3 Å². The van der Waals surface area contributed by atoms with Crippen LogP contribution in [-0.4, -0.2) is 11.1 Å². The van der Waals surface area contributed by atoms with Gasteiger partial charge in [0.25, 0.3) is 0 Å². The number of carbonyl (C=O) groups is 1. The molecule has 0 amide bonds. The average molecular weight is 258 g/mol. The summed E-state index contributed by atoms with van der Waals surface area (Å²) in [6.45, 7) is 1.86. The van der Waals surface area contributed by atoms with E-state index in [4.69, 9.17) is 0 Å². The SMILES string of the molecule is CC1(C(=O)O)Cc2sccc2C1c1ccccc1. The van der Waals surface area contributed by atoms with E-state index in [2.05, 4.69) is 11.4 Å². The van der Waals surface area contributed by atoms with Crippen molar-refractivity contribution in [1.29, 1.82) is 0 Å². The van der Waals surface area contributed by atoms with Crippen molar-refractivity contribution in [3.05, 3.63) is 57.8 Å². The lowest BCUT2D eigenvalue weighted by molar-refractivity contribution is -0.148. The molecule has 1 aliphatic carbocycles. The summed E-state index contributed by atoms with van der Waals surface area (Å²) < 4.78 is 0. The van der Waals surface area contributed by atoms with Crippen LogP contribution in [0.4, 0.5) is 0 Å². The van der Waals surface area contributed by atoms with Crippen molar-refractivity contribution in [1.82, 2.24) is 0 Å². The number of thiophene rings is 1. The third-order valence-corrected chi connectivity index (χ3v) is 4.81. The van der Waals surface area contributed by atoms with E-state index in [0.717, 1.165) is 5.56 Å². The zero-order valence-electron chi connectivity index (χ0n) is 10.1. The van der Waals surface area contributed by atoms with Gasteiger partial charge in [0.05, 0.1) is 5.41 Å². The van der Waals surface area contributed by atoms with Gasteiger partial charge in [-0.25, -0.2) is 0 Å². The molecule has 0 bridgehead atoms. The van der Waals surface area contributed by atoms with E-state index in [1.54, 1.807) is 11.3 Å². The van der Waals surface area contributed by atoms with Crippen LogP contribution in [0.15, 0.2) is 41.8 Å². The number of carboxylic acids is 1. The van der Waals surface area contributed by atoms with Crippen molar-refractivity contribution in [3.63, 3.8) is 0 Å². The van der Waals surface area contributed by atoms with Crippen LogP contribution >= 0.6 is 11.3 Å². The van der Waals surface area contributed by atoms with E-state index in [1.165, 1.54) is 10.4 Å². The van der Waals surface area contributed by atoms with Gasteiger partial charge in [0.1, 0.15) is 0 Å². The minimum absolute atomic E-state index is 0.0301. The summed E-state index contributed by atoms with van der Waals surface area (Å²) in [6.07, 6.45) is 0.634. The van der Waals surface area contributed by atoms with Gasteiger partial charge in [-0.3, -0.25) is 4.79 Å². The van der Waals surface area contributed by atoms with Crippen LogP contribution in [0.3, 0.4) is 0 Å². The third-order valence-electron chi connectivity index (χ3n) is 3.88. The lowest BCUT2D eigenvalue weighted by Gasteiger charge is -2.28. The normalized spacial score (nSPS) is 25.9. The van der Waals surface area contributed by atoms with E-state index in [-0.39, 0.29) is 5.92 Å². The number of rotatable bonds is 2. The summed E-state index contributed by atoms with van der Waals surface area (Å²) in [5.41, 5.74) is 1.57. The maximum absolute atomic E-state index is 11.7. The molecule has 0 spiro atoms. The van der Waals surface area contributed by atoms with E-state index in [0.29, 0.717) is 6.42 Å². The molecule has 1 aromatic carbocycles. The van der Waals surface area contributed by atoms with Crippen molar-refractivity contribution in [2.45, 2.75) is 19.3 Å². The van der Waals surface area contributed by atoms with Gasteiger partial charge in [0.2, 0.25) is 0 Å². The lowest BCUT2D eigenvalue weighted by Crippen LogP contribution is -2.32.